The highest BCUT2D eigenvalue weighted by Crippen LogP contribution is 2.40. The molecular weight excluding hydrogens is 190 g/mol. The van der Waals surface area contributed by atoms with Gasteiger partial charge in [-0.2, -0.15) is 0 Å². The molecule has 0 spiro atoms. The smallest absolute Gasteiger partial charge is 0.0428 e. The molecule has 1 nitrogen and oxygen atoms in total. The Morgan fingerprint density at radius 2 is 2.21 bits per heavy atom. The monoisotopic (exact) mass is 205 g/mol. The van der Waals surface area contributed by atoms with Gasteiger partial charge in [-0.1, -0.05) is 17.7 Å². The average molecular weight is 205 g/mol. The number of hydrogen-bond acceptors (Lipinski definition) is 2. The van der Waals surface area contributed by atoms with Crippen molar-refractivity contribution in [1.82, 2.24) is 5.32 Å². The minimum absolute atomic E-state index is 0.613. The van der Waals surface area contributed by atoms with Crippen LogP contribution in [0, 0.1) is 6.92 Å². The lowest BCUT2D eigenvalue weighted by atomic mass is 10.1. The molecule has 1 aromatic carbocycles. The van der Waals surface area contributed by atoms with Gasteiger partial charge in [-0.25, -0.2) is 0 Å². The summed E-state index contributed by atoms with van der Waals surface area (Å²) in [5, 5.41) is 3.72. The van der Waals surface area contributed by atoms with Crippen LogP contribution in [0.2, 0.25) is 0 Å². The third-order valence-corrected chi connectivity index (χ3v) is 4.14. The fourth-order valence-electron chi connectivity index (χ4n) is 2.01. The summed E-state index contributed by atoms with van der Waals surface area (Å²) in [7, 11) is 0. The lowest BCUT2D eigenvalue weighted by Gasteiger charge is -2.12. The number of thioether (sulfide) groups is 1. The first kappa shape index (κ1) is 8.81. The molecule has 0 saturated heterocycles. The molecule has 3 rings (SSSR count). The van der Waals surface area contributed by atoms with Gasteiger partial charge in [0.1, 0.15) is 0 Å². The van der Waals surface area contributed by atoms with Crippen molar-refractivity contribution in [3.8, 4) is 0 Å². The van der Waals surface area contributed by atoms with Crippen molar-refractivity contribution < 1.29 is 0 Å². The highest BCUT2D eigenvalue weighted by atomic mass is 32.2. The molecule has 1 fully saturated rings. The Balaban J connectivity index is 1.87. The van der Waals surface area contributed by atoms with Crippen LogP contribution >= 0.6 is 11.8 Å². The summed E-state index contributed by atoms with van der Waals surface area (Å²) >= 11 is 1.99. The number of benzene rings is 1. The van der Waals surface area contributed by atoms with Crippen LogP contribution in [0.1, 0.15) is 30.0 Å². The molecule has 0 aromatic heterocycles. The summed E-state index contributed by atoms with van der Waals surface area (Å²) in [6.07, 6.45) is 2.75. The maximum atomic E-state index is 3.72. The summed E-state index contributed by atoms with van der Waals surface area (Å²) in [5.74, 6) is 1.22. The molecule has 2 heteroatoms. The second-order valence-electron chi connectivity index (χ2n) is 4.35. The van der Waals surface area contributed by atoms with E-state index in [4.69, 9.17) is 0 Å². The van der Waals surface area contributed by atoms with Crippen LogP contribution in [-0.4, -0.2) is 11.8 Å². The summed E-state index contributed by atoms with van der Waals surface area (Å²) in [6, 6.07) is 8.25. The lowest BCUT2D eigenvalue weighted by molar-refractivity contribution is 0.580. The van der Waals surface area contributed by atoms with E-state index in [1.54, 1.807) is 0 Å². The number of fused-ring (bicyclic) bond motifs is 1. The zero-order valence-corrected chi connectivity index (χ0v) is 9.23. The molecule has 1 N–H and O–H groups in total. The van der Waals surface area contributed by atoms with Crippen LogP contribution in [0.3, 0.4) is 0 Å². The van der Waals surface area contributed by atoms with Crippen molar-refractivity contribution >= 4 is 11.8 Å². The van der Waals surface area contributed by atoms with Crippen molar-refractivity contribution in [1.29, 1.82) is 0 Å². The van der Waals surface area contributed by atoms with Crippen LogP contribution in [0.5, 0.6) is 0 Å². The Bertz CT molecular complexity index is 357. The lowest BCUT2D eigenvalue weighted by Crippen LogP contribution is -2.23. The average Bonchev–Trinajstić information content (AvgIpc) is 2.90. The SMILES string of the molecule is Cc1ccc2c(c1)C(NC1CC1)CS2. The topological polar surface area (TPSA) is 12.0 Å². The van der Waals surface area contributed by atoms with Gasteiger partial charge in [0.2, 0.25) is 0 Å². The fraction of sp³-hybridized carbons (Fsp3) is 0.500. The van der Waals surface area contributed by atoms with Crippen LogP contribution in [-0.2, 0) is 0 Å². The third kappa shape index (κ3) is 1.57. The second kappa shape index (κ2) is 3.28. The van der Waals surface area contributed by atoms with E-state index in [9.17, 15) is 0 Å². The summed E-state index contributed by atoms with van der Waals surface area (Å²) < 4.78 is 0. The van der Waals surface area contributed by atoms with Crippen LogP contribution in [0.4, 0.5) is 0 Å². The first-order valence-corrected chi connectivity index (χ1v) is 6.31. The van der Waals surface area contributed by atoms with Crippen molar-refractivity contribution in [2.24, 2.45) is 0 Å². The maximum absolute atomic E-state index is 3.72. The predicted octanol–water partition coefficient (Wildman–Crippen LogP) is 2.89. The van der Waals surface area contributed by atoms with Gasteiger partial charge < -0.3 is 5.32 Å². The molecule has 1 unspecified atom stereocenters. The zero-order valence-electron chi connectivity index (χ0n) is 8.42. The minimum atomic E-state index is 0.613. The van der Waals surface area contributed by atoms with Gasteiger partial charge in [-0.3, -0.25) is 0 Å². The number of aryl methyl sites for hydroxylation is 1. The van der Waals surface area contributed by atoms with Crippen molar-refractivity contribution in [2.45, 2.75) is 36.7 Å². The van der Waals surface area contributed by atoms with Gasteiger partial charge in [0.05, 0.1) is 0 Å². The van der Waals surface area contributed by atoms with Crippen LogP contribution in [0.15, 0.2) is 23.1 Å². The normalized spacial score (nSPS) is 25.1. The Hall–Kier alpha value is -0.470. The zero-order chi connectivity index (χ0) is 9.54. The quantitative estimate of drug-likeness (QED) is 0.796. The highest BCUT2D eigenvalue weighted by molar-refractivity contribution is 7.99. The van der Waals surface area contributed by atoms with Crippen LogP contribution < -0.4 is 5.32 Å². The summed E-state index contributed by atoms with van der Waals surface area (Å²) in [6.45, 7) is 2.18. The largest absolute Gasteiger partial charge is 0.306 e. The standard InChI is InChI=1S/C12H15NS/c1-8-2-5-12-10(6-8)11(7-14-12)13-9-3-4-9/h2,5-6,9,11,13H,3-4,7H2,1H3. The molecule has 0 amide bonds. The van der Waals surface area contributed by atoms with E-state index >= 15 is 0 Å². The maximum Gasteiger partial charge on any atom is 0.0428 e. The summed E-state index contributed by atoms with van der Waals surface area (Å²) in [5.41, 5.74) is 2.91. The molecule has 1 heterocycles. The van der Waals surface area contributed by atoms with Crippen molar-refractivity contribution in [3.63, 3.8) is 0 Å². The van der Waals surface area contributed by atoms with Gasteiger partial charge in [-0.15, -0.1) is 11.8 Å². The number of nitrogens with one attached hydrogen (secondary N) is 1. The molecule has 1 atom stereocenters. The summed E-state index contributed by atoms with van der Waals surface area (Å²) in [4.78, 5) is 1.48. The minimum Gasteiger partial charge on any atom is -0.306 e. The number of hydrogen-bond donors (Lipinski definition) is 1. The van der Waals surface area contributed by atoms with E-state index < -0.39 is 0 Å². The molecule has 1 aromatic rings. The molecule has 74 valence electrons. The predicted molar refractivity (Wildman–Crippen MR) is 60.8 cm³/mol. The van der Waals surface area contributed by atoms with Gasteiger partial charge in [0.25, 0.3) is 0 Å². The van der Waals surface area contributed by atoms with Gasteiger partial charge in [0.15, 0.2) is 0 Å². The van der Waals surface area contributed by atoms with E-state index in [0.717, 1.165) is 6.04 Å². The van der Waals surface area contributed by atoms with Crippen LogP contribution in [0.25, 0.3) is 0 Å². The second-order valence-corrected chi connectivity index (χ2v) is 5.41. The Kier molecular flexibility index (Phi) is 2.06. The molecular formula is C12H15NS. The van der Waals surface area contributed by atoms with Crippen molar-refractivity contribution in [2.75, 3.05) is 5.75 Å². The van der Waals surface area contributed by atoms with Gasteiger partial charge in [-0.05, 0) is 31.4 Å². The molecule has 2 aliphatic rings. The molecule has 14 heavy (non-hydrogen) atoms. The molecule has 1 aliphatic carbocycles. The van der Waals surface area contributed by atoms with Gasteiger partial charge in [0, 0.05) is 22.7 Å². The Morgan fingerprint density at radius 1 is 1.36 bits per heavy atom. The Morgan fingerprint density at radius 3 is 3.00 bits per heavy atom. The molecule has 0 radical (unpaired) electrons. The molecule has 0 bridgehead atoms. The van der Waals surface area contributed by atoms with E-state index in [1.807, 2.05) is 11.8 Å². The van der Waals surface area contributed by atoms with E-state index in [1.165, 1.54) is 34.6 Å². The molecule has 1 saturated carbocycles. The van der Waals surface area contributed by atoms with Gasteiger partial charge >= 0.3 is 0 Å². The van der Waals surface area contributed by atoms with E-state index in [-0.39, 0.29) is 0 Å². The van der Waals surface area contributed by atoms with Crippen molar-refractivity contribution in [3.05, 3.63) is 29.3 Å². The number of rotatable bonds is 2. The Labute approximate surface area is 89.3 Å². The first-order chi connectivity index (χ1) is 6.83. The van der Waals surface area contributed by atoms with E-state index in [0.29, 0.717) is 6.04 Å². The fourth-order valence-corrected chi connectivity index (χ4v) is 3.16. The van der Waals surface area contributed by atoms with E-state index in [2.05, 4.69) is 30.4 Å². The molecule has 1 aliphatic heterocycles. The first-order valence-electron chi connectivity index (χ1n) is 5.32. The third-order valence-electron chi connectivity index (χ3n) is 2.96. The highest BCUT2D eigenvalue weighted by Gasteiger charge is 2.29.